The Kier molecular flexibility index (Phi) is 2.42. The van der Waals surface area contributed by atoms with E-state index in [1.165, 1.54) is 16.5 Å². The van der Waals surface area contributed by atoms with Gasteiger partial charge in [-0.3, -0.25) is 4.79 Å². The number of carbonyl (C=O) groups is 1. The molecule has 1 amide bonds. The van der Waals surface area contributed by atoms with Gasteiger partial charge in [0.15, 0.2) is 0 Å². The molecule has 1 aliphatic rings. The van der Waals surface area contributed by atoms with Crippen LogP contribution in [0.1, 0.15) is 23.4 Å². The molecule has 1 unspecified atom stereocenters. The summed E-state index contributed by atoms with van der Waals surface area (Å²) in [7, 11) is 0. The number of amides is 1. The molecule has 0 fully saturated rings. The maximum Gasteiger partial charge on any atom is 0.246 e. The molecule has 3 heteroatoms. The van der Waals surface area contributed by atoms with E-state index in [0.717, 1.165) is 13.0 Å². The van der Waals surface area contributed by atoms with E-state index < -0.39 is 0 Å². The summed E-state index contributed by atoms with van der Waals surface area (Å²) in [4.78, 5) is 14.8. The first-order valence-electron chi connectivity index (χ1n) is 4.73. The Morgan fingerprint density at radius 3 is 3.29 bits per heavy atom. The smallest absolute Gasteiger partial charge is 0.246 e. The Morgan fingerprint density at radius 2 is 2.57 bits per heavy atom. The number of hydrogen-bond donors (Lipinski definition) is 0. The van der Waals surface area contributed by atoms with Gasteiger partial charge in [0.25, 0.3) is 0 Å². The Balaban J connectivity index is 2.29. The summed E-state index contributed by atoms with van der Waals surface area (Å²) in [5.74, 6) is 0.0364. The first-order valence-corrected chi connectivity index (χ1v) is 5.61. The van der Waals surface area contributed by atoms with Crippen molar-refractivity contribution in [2.24, 2.45) is 0 Å². The van der Waals surface area contributed by atoms with Crippen LogP contribution in [0, 0.1) is 0 Å². The molecule has 0 N–H and O–H groups in total. The molecule has 0 saturated heterocycles. The zero-order chi connectivity index (χ0) is 10.1. The van der Waals surface area contributed by atoms with Gasteiger partial charge in [-0.05, 0) is 36.4 Å². The fourth-order valence-corrected chi connectivity index (χ4v) is 2.89. The highest BCUT2D eigenvalue weighted by molar-refractivity contribution is 7.10. The van der Waals surface area contributed by atoms with Crippen LogP contribution in [0.5, 0.6) is 0 Å². The van der Waals surface area contributed by atoms with Crippen molar-refractivity contribution in [3.63, 3.8) is 0 Å². The van der Waals surface area contributed by atoms with Crippen LogP contribution in [0.4, 0.5) is 0 Å². The van der Waals surface area contributed by atoms with E-state index in [0.29, 0.717) is 0 Å². The highest BCUT2D eigenvalue weighted by Gasteiger charge is 2.26. The molecule has 14 heavy (non-hydrogen) atoms. The third-order valence-electron chi connectivity index (χ3n) is 2.73. The number of fused-ring (bicyclic) bond motifs is 1. The SMILES string of the molecule is C=CC(=O)N1CCc2sccc2C1C. The molecule has 1 aromatic rings. The molecule has 2 rings (SSSR count). The van der Waals surface area contributed by atoms with Gasteiger partial charge in [0.2, 0.25) is 5.91 Å². The lowest BCUT2D eigenvalue weighted by Crippen LogP contribution is -2.37. The molecule has 1 aromatic heterocycles. The summed E-state index contributed by atoms with van der Waals surface area (Å²) in [6.07, 6.45) is 2.38. The third kappa shape index (κ3) is 1.38. The summed E-state index contributed by atoms with van der Waals surface area (Å²) in [5, 5.41) is 2.10. The number of carbonyl (C=O) groups excluding carboxylic acids is 1. The minimum atomic E-state index is 0.0364. The van der Waals surface area contributed by atoms with Crippen LogP contribution in [0.2, 0.25) is 0 Å². The molecular weight excluding hydrogens is 194 g/mol. The average molecular weight is 207 g/mol. The topological polar surface area (TPSA) is 20.3 Å². The molecule has 0 aliphatic carbocycles. The van der Waals surface area contributed by atoms with Crippen LogP contribution >= 0.6 is 11.3 Å². The Labute approximate surface area is 87.9 Å². The first kappa shape index (κ1) is 9.46. The van der Waals surface area contributed by atoms with Crippen LogP contribution in [0.15, 0.2) is 24.1 Å². The van der Waals surface area contributed by atoms with E-state index in [9.17, 15) is 4.79 Å². The Morgan fingerprint density at radius 1 is 1.79 bits per heavy atom. The Hall–Kier alpha value is -1.09. The van der Waals surface area contributed by atoms with Crippen molar-refractivity contribution in [2.75, 3.05) is 6.54 Å². The lowest BCUT2D eigenvalue weighted by molar-refractivity contribution is -0.128. The van der Waals surface area contributed by atoms with Gasteiger partial charge in [-0.1, -0.05) is 6.58 Å². The maximum absolute atomic E-state index is 11.5. The quantitative estimate of drug-likeness (QED) is 0.647. The second kappa shape index (κ2) is 3.58. The standard InChI is InChI=1S/C11H13NOS/c1-3-11(13)12-6-4-10-9(8(12)2)5-7-14-10/h3,5,7-8H,1,4,6H2,2H3. The lowest BCUT2D eigenvalue weighted by Gasteiger charge is -2.32. The zero-order valence-corrected chi connectivity index (χ0v) is 9.01. The summed E-state index contributed by atoms with van der Waals surface area (Å²) >= 11 is 1.79. The van der Waals surface area contributed by atoms with Crippen molar-refractivity contribution in [2.45, 2.75) is 19.4 Å². The lowest BCUT2D eigenvalue weighted by atomic mass is 10.0. The number of rotatable bonds is 1. The summed E-state index contributed by atoms with van der Waals surface area (Å²) in [6.45, 7) is 6.42. The third-order valence-corrected chi connectivity index (χ3v) is 3.73. The van der Waals surface area contributed by atoms with Gasteiger partial charge in [0, 0.05) is 11.4 Å². The van der Waals surface area contributed by atoms with Crippen LogP contribution in [0.25, 0.3) is 0 Å². The van der Waals surface area contributed by atoms with E-state index in [2.05, 4.69) is 24.9 Å². The van der Waals surface area contributed by atoms with Gasteiger partial charge >= 0.3 is 0 Å². The highest BCUT2D eigenvalue weighted by Crippen LogP contribution is 2.32. The number of thiophene rings is 1. The van der Waals surface area contributed by atoms with Gasteiger partial charge in [-0.15, -0.1) is 11.3 Å². The molecule has 0 radical (unpaired) electrons. The molecule has 0 saturated carbocycles. The molecule has 1 aliphatic heterocycles. The molecule has 74 valence electrons. The molecule has 0 aromatic carbocycles. The minimum Gasteiger partial charge on any atom is -0.332 e. The zero-order valence-electron chi connectivity index (χ0n) is 8.19. The molecule has 0 spiro atoms. The van der Waals surface area contributed by atoms with Gasteiger partial charge in [0.05, 0.1) is 6.04 Å². The van der Waals surface area contributed by atoms with Crippen LogP contribution < -0.4 is 0 Å². The monoisotopic (exact) mass is 207 g/mol. The molecule has 2 heterocycles. The van der Waals surface area contributed by atoms with E-state index >= 15 is 0 Å². The van der Waals surface area contributed by atoms with E-state index in [-0.39, 0.29) is 11.9 Å². The number of nitrogens with zero attached hydrogens (tertiary/aromatic N) is 1. The molecule has 2 nitrogen and oxygen atoms in total. The second-order valence-corrected chi connectivity index (χ2v) is 4.46. The highest BCUT2D eigenvalue weighted by atomic mass is 32.1. The van der Waals surface area contributed by atoms with Crippen molar-refractivity contribution in [1.82, 2.24) is 4.90 Å². The van der Waals surface area contributed by atoms with E-state index in [4.69, 9.17) is 0 Å². The summed E-state index contributed by atoms with van der Waals surface area (Å²) in [5.41, 5.74) is 1.30. The van der Waals surface area contributed by atoms with E-state index in [1.54, 1.807) is 11.3 Å². The van der Waals surface area contributed by atoms with Crippen molar-refractivity contribution in [1.29, 1.82) is 0 Å². The minimum absolute atomic E-state index is 0.0364. The largest absolute Gasteiger partial charge is 0.332 e. The van der Waals surface area contributed by atoms with Gasteiger partial charge in [-0.25, -0.2) is 0 Å². The van der Waals surface area contributed by atoms with Crippen molar-refractivity contribution >= 4 is 17.2 Å². The van der Waals surface area contributed by atoms with Gasteiger partial charge in [0.1, 0.15) is 0 Å². The van der Waals surface area contributed by atoms with Crippen LogP contribution in [0.3, 0.4) is 0 Å². The van der Waals surface area contributed by atoms with Crippen molar-refractivity contribution in [3.05, 3.63) is 34.5 Å². The predicted octanol–water partition coefficient (Wildman–Crippen LogP) is 2.38. The summed E-state index contributed by atoms with van der Waals surface area (Å²) in [6, 6.07) is 2.32. The maximum atomic E-state index is 11.5. The van der Waals surface area contributed by atoms with E-state index in [1.807, 2.05) is 4.90 Å². The molecule has 1 atom stereocenters. The van der Waals surface area contributed by atoms with Crippen LogP contribution in [-0.4, -0.2) is 17.4 Å². The van der Waals surface area contributed by atoms with Gasteiger partial charge in [-0.2, -0.15) is 0 Å². The fourth-order valence-electron chi connectivity index (χ4n) is 1.93. The second-order valence-electron chi connectivity index (χ2n) is 3.46. The van der Waals surface area contributed by atoms with Crippen molar-refractivity contribution < 1.29 is 4.79 Å². The fraction of sp³-hybridized carbons (Fsp3) is 0.364. The number of hydrogen-bond acceptors (Lipinski definition) is 2. The first-order chi connectivity index (χ1) is 6.74. The molecular formula is C11H13NOS. The normalized spacial score (nSPS) is 20.4. The predicted molar refractivity (Wildman–Crippen MR) is 58.3 cm³/mol. The van der Waals surface area contributed by atoms with Crippen LogP contribution in [-0.2, 0) is 11.2 Å². The average Bonchev–Trinajstić information content (AvgIpc) is 2.66. The Bertz CT molecular complexity index is 369. The van der Waals surface area contributed by atoms with Gasteiger partial charge < -0.3 is 4.90 Å². The molecule has 0 bridgehead atoms. The summed E-state index contributed by atoms with van der Waals surface area (Å²) < 4.78 is 0. The van der Waals surface area contributed by atoms with Crippen molar-refractivity contribution in [3.8, 4) is 0 Å².